The second-order valence-electron chi connectivity index (χ2n) is 3.89. The minimum absolute atomic E-state index is 0.0657. The molecule has 0 bridgehead atoms. The van der Waals surface area contributed by atoms with Crippen LogP contribution in [0.2, 0.25) is 0 Å². The molecule has 1 atom stereocenters. The second kappa shape index (κ2) is 4.65. The van der Waals surface area contributed by atoms with E-state index in [9.17, 15) is 0 Å². The monoisotopic (exact) mass is 212 g/mol. The van der Waals surface area contributed by atoms with Crippen molar-refractivity contribution in [2.24, 2.45) is 0 Å². The number of nitrogens with one attached hydrogen (secondary N) is 1. The van der Waals surface area contributed by atoms with Gasteiger partial charge in [0.25, 0.3) is 0 Å². The van der Waals surface area contributed by atoms with Gasteiger partial charge in [0.1, 0.15) is 5.82 Å². The summed E-state index contributed by atoms with van der Waals surface area (Å²) >= 11 is 5.90. The number of pyridine rings is 1. The largest absolute Gasteiger partial charge is 0.364 e. The molecule has 1 rings (SSSR count). The summed E-state index contributed by atoms with van der Waals surface area (Å²) in [5.41, 5.74) is 1.10. The Morgan fingerprint density at radius 3 is 2.64 bits per heavy atom. The molecule has 0 aliphatic heterocycles. The smallest absolute Gasteiger partial charge is 0.126 e. The van der Waals surface area contributed by atoms with Crippen molar-refractivity contribution in [3.63, 3.8) is 0 Å². The number of rotatable bonds is 4. The van der Waals surface area contributed by atoms with E-state index in [1.807, 2.05) is 25.3 Å². The fraction of sp³-hybridized carbons (Fsp3) is 0.545. The average molecular weight is 213 g/mol. The van der Waals surface area contributed by atoms with Crippen LogP contribution in [-0.4, -0.2) is 16.4 Å². The highest BCUT2D eigenvalue weighted by atomic mass is 35.5. The molecule has 1 aromatic rings. The van der Waals surface area contributed by atoms with E-state index < -0.39 is 0 Å². The summed E-state index contributed by atoms with van der Waals surface area (Å²) in [6.07, 6.45) is 2.83. The standard InChI is InChI=1S/C11H17ClN2/c1-4-11(3,8-12)14-10-6-5-9(2)7-13-10/h5-7H,4,8H2,1-3H3,(H,13,14). The molecular formula is C11H17ClN2. The van der Waals surface area contributed by atoms with Gasteiger partial charge in [0.05, 0.1) is 0 Å². The number of aryl methyl sites for hydroxylation is 1. The van der Waals surface area contributed by atoms with E-state index in [1.165, 1.54) is 5.56 Å². The Kier molecular flexibility index (Phi) is 3.76. The number of hydrogen-bond donors (Lipinski definition) is 1. The van der Waals surface area contributed by atoms with Crippen LogP contribution in [0.15, 0.2) is 18.3 Å². The summed E-state index contributed by atoms with van der Waals surface area (Å²) in [6.45, 7) is 6.24. The fourth-order valence-corrected chi connectivity index (χ4v) is 1.32. The molecule has 14 heavy (non-hydrogen) atoms. The van der Waals surface area contributed by atoms with Crippen LogP contribution >= 0.6 is 11.6 Å². The summed E-state index contributed by atoms with van der Waals surface area (Å²) < 4.78 is 0. The van der Waals surface area contributed by atoms with Crippen LogP contribution in [0.4, 0.5) is 5.82 Å². The molecule has 0 aromatic carbocycles. The van der Waals surface area contributed by atoms with Crippen LogP contribution in [0, 0.1) is 6.92 Å². The van der Waals surface area contributed by atoms with E-state index >= 15 is 0 Å². The molecule has 0 saturated carbocycles. The van der Waals surface area contributed by atoms with Crippen LogP contribution in [-0.2, 0) is 0 Å². The lowest BCUT2D eigenvalue weighted by molar-refractivity contribution is 0.551. The molecule has 1 heterocycles. The molecule has 0 spiro atoms. The first kappa shape index (κ1) is 11.3. The number of hydrogen-bond acceptors (Lipinski definition) is 2. The minimum atomic E-state index is -0.0657. The minimum Gasteiger partial charge on any atom is -0.364 e. The van der Waals surface area contributed by atoms with Crippen LogP contribution in [0.1, 0.15) is 25.8 Å². The Bertz CT molecular complexity index is 278. The highest BCUT2D eigenvalue weighted by Crippen LogP contribution is 2.18. The van der Waals surface area contributed by atoms with Gasteiger partial charge in [-0.3, -0.25) is 0 Å². The maximum Gasteiger partial charge on any atom is 0.126 e. The van der Waals surface area contributed by atoms with Crippen molar-refractivity contribution < 1.29 is 0 Å². The van der Waals surface area contributed by atoms with E-state index in [-0.39, 0.29) is 5.54 Å². The lowest BCUT2D eigenvalue weighted by Crippen LogP contribution is -2.36. The third kappa shape index (κ3) is 2.88. The van der Waals surface area contributed by atoms with Gasteiger partial charge in [-0.2, -0.15) is 0 Å². The molecule has 0 aliphatic carbocycles. The molecule has 1 unspecified atom stereocenters. The molecule has 0 aliphatic rings. The molecule has 0 radical (unpaired) electrons. The number of nitrogens with zero attached hydrogens (tertiary/aromatic N) is 1. The van der Waals surface area contributed by atoms with Gasteiger partial charge >= 0.3 is 0 Å². The topological polar surface area (TPSA) is 24.9 Å². The molecular weight excluding hydrogens is 196 g/mol. The van der Waals surface area contributed by atoms with Gasteiger partial charge in [0.2, 0.25) is 0 Å². The Labute approximate surface area is 90.7 Å². The normalized spacial score (nSPS) is 14.9. The molecule has 1 aromatic heterocycles. The van der Waals surface area contributed by atoms with Crippen molar-refractivity contribution in [1.82, 2.24) is 4.98 Å². The number of halogens is 1. The first-order valence-electron chi connectivity index (χ1n) is 4.86. The number of anilines is 1. The second-order valence-corrected chi connectivity index (χ2v) is 4.16. The van der Waals surface area contributed by atoms with Crippen molar-refractivity contribution in [3.05, 3.63) is 23.9 Å². The van der Waals surface area contributed by atoms with E-state index in [4.69, 9.17) is 11.6 Å². The third-order valence-corrected chi connectivity index (χ3v) is 3.01. The van der Waals surface area contributed by atoms with Crippen molar-refractivity contribution in [2.75, 3.05) is 11.2 Å². The Morgan fingerprint density at radius 2 is 2.21 bits per heavy atom. The van der Waals surface area contributed by atoms with Crippen molar-refractivity contribution >= 4 is 17.4 Å². The van der Waals surface area contributed by atoms with Crippen molar-refractivity contribution in [3.8, 4) is 0 Å². The van der Waals surface area contributed by atoms with Gasteiger partial charge in [0.15, 0.2) is 0 Å². The van der Waals surface area contributed by atoms with Gasteiger partial charge in [-0.05, 0) is 31.9 Å². The Balaban J connectivity index is 2.72. The van der Waals surface area contributed by atoms with Gasteiger partial charge in [-0.1, -0.05) is 13.0 Å². The van der Waals surface area contributed by atoms with Crippen LogP contribution < -0.4 is 5.32 Å². The predicted octanol–water partition coefficient (Wildman–Crippen LogP) is 3.21. The van der Waals surface area contributed by atoms with E-state index in [0.29, 0.717) is 5.88 Å². The van der Waals surface area contributed by atoms with Crippen molar-refractivity contribution in [1.29, 1.82) is 0 Å². The highest BCUT2D eigenvalue weighted by Gasteiger charge is 2.20. The molecule has 2 nitrogen and oxygen atoms in total. The first-order chi connectivity index (χ1) is 6.59. The van der Waals surface area contributed by atoms with Gasteiger partial charge in [-0.15, -0.1) is 11.6 Å². The molecule has 78 valence electrons. The van der Waals surface area contributed by atoms with E-state index in [1.54, 1.807) is 0 Å². The molecule has 3 heteroatoms. The highest BCUT2D eigenvalue weighted by molar-refractivity contribution is 6.18. The Hall–Kier alpha value is -0.760. The zero-order valence-corrected chi connectivity index (χ0v) is 9.73. The molecule has 1 N–H and O–H groups in total. The maximum absolute atomic E-state index is 5.90. The zero-order valence-electron chi connectivity index (χ0n) is 8.97. The van der Waals surface area contributed by atoms with Gasteiger partial charge in [0, 0.05) is 17.6 Å². The number of aromatic nitrogens is 1. The quantitative estimate of drug-likeness (QED) is 0.776. The van der Waals surface area contributed by atoms with Gasteiger partial charge < -0.3 is 5.32 Å². The van der Waals surface area contributed by atoms with Crippen LogP contribution in [0.5, 0.6) is 0 Å². The summed E-state index contributed by atoms with van der Waals surface area (Å²) in [5, 5.41) is 3.34. The van der Waals surface area contributed by atoms with Crippen molar-refractivity contribution in [2.45, 2.75) is 32.7 Å². The summed E-state index contributed by atoms with van der Waals surface area (Å²) in [4.78, 5) is 4.29. The van der Waals surface area contributed by atoms with E-state index in [0.717, 1.165) is 12.2 Å². The van der Waals surface area contributed by atoms with Crippen LogP contribution in [0.3, 0.4) is 0 Å². The molecule has 0 saturated heterocycles. The lowest BCUT2D eigenvalue weighted by Gasteiger charge is -2.27. The SMILES string of the molecule is CCC(C)(CCl)Nc1ccc(C)cn1. The predicted molar refractivity (Wildman–Crippen MR) is 62.0 cm³/mol. The lowest BCUT2D eigenvalue weighted by atomic mass is 10.0. The zero-order chi connectivity index (χ0) is 10.6. The van der Waals surface area contributed by atoms with E-state index in [2.05, 4.69) is 24.1 Å². The fourth-order valence-electron chi connectivity index (χ4n) is 1.07. The van der Waals surface area contributed by atoms with Gasteiger partial charge in [-0.25, -0.2) is 4.98 Å². The van der Waals surface area contributed by atoms with Crippen LogP contribution in [0.25, 0.3) is 0 Å². The third-order valence-electron chi connectivity index (χ3n) is 2.42. The first-order valence-corrected chi connectivity index (χ1v) is 5.40. The maximum atomic E-state index is 5.90. The number of alkyl halides is 1. The molecule has 0 fully saturated rings. The average Bonchev–Trinajstić information content (AvgIpc) is 2.21. The summed E-state index contributed by atoms with van der Waals surface area (Å²) in [5.74, 6) is 1.47. The summed E-state index contributed by atoms with van der Waals surface area (Å²) in [6, 6.07) is 4.02. The molecule has 0 amide bonds. The Morgan fingerprint density at radius 1 is 1.50 bits per heavy atom. The summed E-state index contributed by atoms with van der Waals surface area (Å²) in [7, 11) is 0.